The predicted molar refractivity (Wildman–Crippen MR) is 149 cm³/mol. The van der Waals surface area contributed by atoms with Crippen molar-refractivity contribution in [2.75, 3.05) is 40.7 Å². The van der Waals surface area contributed by atoms with Crippen LogP contribution in [0.2, 0.25) is 0 Å². The Kier molecular flexibility index (Phi) is 10.8. The van der Waals surface area contributed by atoms with Crippen LogP contribution in [0.1, 0.15) is 68.7 Å². The lowest BCUT2D eigenvalue weighted by Crippen LogP contribution is -2.22. The molecule has 2 unspecified atom stereocenters. The van der Waals surface area contributed by atoms with E-state index in [-0.39, 0.29) is 64.8 Å². The second kappa shape index (κ2) is 13.2. The quantitative estimate of drug-likeness (QED) is 0.235. The molecule has 0 radical (unpaired) electrons. The zero-order valence-corrected chi connectivity index (χ0v) is 24.9. The molecule has 0 saturated carbocycles. The second-order valence-corrected chi connectivity index (χ2v) is 13.0. The molecule has 0 N–H and O–H groups in total. The highest BCUT2D eigenvalue weighted by atomic mass is 31.2. The van der Waals surface area contributed by atoms with Gasteiger partial charge < -0.3 is 28.2 Å². The minimum Gasteiger partial charge on any atom is -0.496 e. The smallest absolute Gasteiger partial charge is 0.236 e. The van der Waals surface area contributed by atoms with E-state index in [0.717, 1.165) is 0 Å². The standard InChI is InChI=1S/C29H41O8P/c1-10-36-21-13-12-14-22(37-11-2)25(21)27(30)38(32,18-19(3)17-29(4,5)6)28(31)26-23(34-8)15-20(33-7)16-24(26)35-9/h12-16,19H,10-11,17-18H2,1-9H3. The monoisotopic (exact) mass is 548 g/mol. The number of carbonyl (C=O) groups excluding carboxylic acids is 2. The molecule has 0 saturated heterocycles. The van der Waals surface area contributed by atoms with Crippen LogP contribution in [-0.2, 0) is 4.57 Å². The fourth-order valence-corrected chi connectivity index (χ4v) is 7.34. The molecule has 0 aliphatic carbocycles. The van der Waals surface area contributed by atoms with Crippen molar-refractivity contribution in [1.29, 1.82) is 0 Å². The average molecular weight is 549 g/mol. The first-order chi connectivity index (χ1) is 17.9. The number of rotatable bonds is 14. The maximum atomic E-state index is 15.0. The van der Waals surface area contributed by atoms with Gasteiger partial charge in [0.1, 0.15) is 39.9 Å². The third kappa shape index (κ3) is 7.10. The highest BCUT2D eigenvalue weighted by Gasteiger charge is 2.46. The molecule has 0 fully saturated rings. The lowest BCUT2D eigenvalue weighted by Gasteiger charge is -2.27. The van der Waals surface area contributed by atoms with Gasteiger partial charge in [-0.05, 0) is 43.7 Å². The maximum Gasteiger partial charge on any atom is 0.236 e. The van der Waals surface area contributed by atoms with Gasteiger partial charge in [0.25, 0.3) is 0 Å². The molecule has 9 heteroatoms. The Balaban J connectivity index is 2.84. The summed E-state index contributed by atoms with van der Waals surface area (Å²) in [6.07, 6.45) is 0.520. The molecular formula is C29H41O8P. The normalized spacial score (nSPS) is 13.7. The highest BCUT2D eigenvalue weighted by Crippen LogP contribution is 2.58. The van der Waals surface area contributed by atoms with Crippen molar-refractivity contribution in [2.24, 2.45) is 11.3 Å². The summed E-state index contributed by atoms with van der Waals surface area (Å²) in [4.78, 5) is 28.7. The lowest BCUT2D eigenvalue weighted by atomic mass is 9.86. The fourth-order valence-electron chi connectivity index (χ4n) is 4.66. The molecule has 2 atom stereocenters. The van der Waals surface area contributed by atoms with Gasteiger partial charge in [-0.15, -0.1) is 0 Å². The predicted octanol–water partition coefficient (Wildman–Crippen LogP) is 6.93. The molecule has 0 amide bonds. The molecule has 2 aromatic carbocycles. The molecule has 0 aliphatic heterocycles. The van der Waals surface area contributed by atoms with Crippen molar-refractivity contribution >= 4 is 18.2 Å². The maximum absolute atomic E-state index is 15.0. The van der Waals surface area contributed by atoms with E-state index < -0.39 is 18.2 Å². The molecule has 0 spiro atoms. The Bertz CT molecular complexity index is 1130. The van der Waals surface area contributed by atoms with Crippen molar-refractivity contribution in [3.8, 4) is 28.7 Å². The minimum absolute atomic E-state index is 0.00212. The molecular weight excluding hydrogens is 507 g/mol. The first-order valence-electron chi connectivity index (χ1n) is 12.7. The summed E-state index contributed by atoms with van der Waals surface area (Å²) in [7, 11) is -0.0877. The van der Waals surface area contributed by atoms with Crippen LogP contribution in [0.3, 0.4) is 0 Å². The van der Waals surface area contributed by atoms with Crippen LogP contribution >= 0.6 is 7.14 Å². The Morgan fingerprint density at radius 3 is 1.63 bits per heavy atom. The highest BCUT2D eigenvalue weighted by molar-refractivity contribution is 7.95. The Labute approximate surface area is 226 Å². The molecule has 2 aromatic rings. The van der Waals surface area contributed by atoms with Gasteiger partial charge in [0, 0.05) is 18.3 Å². The topological polar surface area (TPSA) is 97.4 Å². The van der Waals surface area contributed by atoms with Gasteiger partial charge in [-0.1, -0.05) is 33.8 Å². The summed E-state index contributed by atoms with van der Waals surface area (Å²) >= 11 is 0. The summed E-state index contributed by atoms with van der Waals surface area (Å²) in [5.74, 6) is 0.815. The van der Waals surface area contributed by atoms with E-state index in [9.17, 15) is 14.2 Å². The molecule has 2 rings (SSSR count). The lowest BCUT2D eigenvalue weighted by molar-refractivity contribution is 0.102. The third-order valence-corrected chi connectivity index (χ3v) is 8.81. The van der Waals surface area contributed by atoms with E-state index in [1.54, 1.807) is 32.0 Å². The summed E-state index contributed by atoms with van der Waals surface area (Å²) in [6.45, 7) is 12.2. The van der Waals surface area contributed by atoms with Gasteiger partial charge in [-0.2, -0.15) is 0 Å². The molecule has 0 aliphatic rings. The van der Waals surface area contributed by atoms with Crippen LogP contribution in [0.15, 0.2) is 30.3 Å². The summed E-state index contributed by atoms with van der Waals surface area (Å²) < 4.78 is 42.7. The minimum atomic E-state index is -4.33. The number of methoxy groups -OCH3 is 3. The van der Waals surface area contributed by atoms with E-state index in [1.165, 1.54) is 33.5 Å². The van der Waals surface area contributed by atoms with Crippen LogP contribution in [-0.4, -0.2) is 51.8 Å². The first-order valence-corrected chi connectivity index (χ1v) is 14.6. The Morgan fingerprint density at radius 2 is 1.26 bits per heavy atom. The van der Waals surface area contributed by atoms with Gasteiger partial charge in [0.05, 0.1) is 34.5 Å². The van der Waals surface area contributed by atoms with Crippen molar-refractivity contribution in [3.63, 3.8) is 0 Å². The van der Waals surface area contributed by atoms with Gasteiger partial charge >= 0.3 is 0 Å². The number of ether oxygens (including phenoxy) is 5. The summed E-state index contributed by atoms with van der Waals surface area (Å²) in [6, 6.07) is 7.92. The number of hydrogen-bond acceptors (Lipinski definition) is 8. The van der Waals surface area contributed by atoms with Crippen LogP contribution in [0.5, 0.6) is 28.7 Å². The van der Waals surface area contributed by atoms with Gasteiger partial charge in [0.15, 0.2) is 0 Å². The van der Waals surface area contributed by atoms with Crippen molar-refractivity contribution in [3.05, 3.63) is 41.5 Å². The zero-order valence-electron chi connectivity index (χ0n) is 24.0. The average Bonchev–Trinajstić information content (AvgIpc) is 2.86. The van der Waals surface area contributed by atoms with E-state index >= 15 is 0 Å². The second-order valence-electron chi connectivity index (χ2n) is 10.3. The molecule has 38 heavy (non-hydrogen) atoms. The Morgan fingerprint density at radius 1 is 0.816 bits per heavy atom. The van der Waals surface area contributed by atoms with Crippen molar-refractivity contribution < 1.29 is 37.8 Å². The van der Waals surface area contributed by atoms with Crippen LogP contribution in [0.25, 0.3) is 0 Å². The number of benzene rings is 2. The van der Waals surface area contributed by atoms with E-state index in [1.807, 2.05) is 6.92 Å². The van der Waals surface area contributed by atoms with Gasteiger partial charge in [-0.3, -0.25) is 9.59 Å². The van der Waals surface area contributed by atoms with Gasteiger partial charge in [0.2, 0.25) is 18.2 Å². The third-order valence-electron chi connectivity index (χ3n) is 5.92. The van der Waals surface area contributed by atoms with E-state index in [2.05, 4.69) is 20.8 Å². The molecule has 0 heterocycles. The number of carbonyl (C=O) groups is 2. The van der Waals surface area contributed by atoms with Crippen LogP contribution < -0.4 is 23.7 Å². The molecule has 0 bridgehead atoms. The van der Waals surface area contributed by atoms with Crippen LogP contribution in [0.4, 0.5) is 0 Å². The Hall–Kier alpha value is -2.99. The van der Waals surface area contributed by atoms with E-state index in [0.29, 0.717) is 12.2 Å². The van der Waals surface area contributed by atoms with Crippen LogP contribution in [0, 0.1) is 11.3 Å². The number of hydrogen-bond donors (Lipinski definition) is 0. The van der Waals surface area contributed by atoms with E-state index in [4.69, 9.17) is 23.7 Å². The van der Waals surface area contributed by atoms with Gasteiger partial charge in [-0.25, -0.2) is 0 Å². The first kappa shape index (κ1) is 31.2. The zero-order chi connectivity index (χ0) is 28.7. The summed E-state index contributed by atoms with van der Waals surface area (Å²) in [5, 5.41) is 0. The SMILES string of the molecule is CCOc1cccc(OCC)c1C(=O)P(=O)(CC(C)CC(C)(C)C)C(=O)c1c(OC)cc(OC)cc1OC. The van der Waals surface area contributed by atoms with Crippen molar-refractivity contribution in [2.45, 2.75) is 48.0 Å². The molecule has 8 nitrogen and oxygen atoms in total. The largest absolute Gasteiger partial charge is 0.496 e. The van der Waals surface area contributed by atoms with Crippen molar-refractivity contribution in [1.82, 2.24) is 0 Å². The fraction of sp³-hybridized carbons (Fsp3) is 0.517. The molecule has 0 aromatic heterocycles. The summed E-state index contributed by atoms with van der Waals surface area (Å²) in [5.41, 5.74) is -1.82. The molecule has 210 valence electrons.